The summed E-state index contributed by atoms with van der Waals surface area (Å²) in [6.07, 6.45) is -0.260. The van der Waals surface area contributed by atoms with Gasteiger partial charge in [0, 0.05) is 11.4 Å². The number of ether oxygens (including phenoxy) is 1. The average Bonchev–Trinajstić information content (AvgIpc) is 3.24. The number of nitrogens with zero attached hydrogens (tertiary/aromatic N) is 4. The largest absolute Gasteiger partial charge is 0.483 e. The van der Waals surface area contributed by atoms with Gasteiger partial charge in [0.1, 0.15) is 5.75 Å². The number of nitrogens with one attached hydrogen (secondary N) is 1. The second kappa shape index (κ2) is 9.41. The number of thiazole rings is 1. The lowest BCUT2D eigenvalue weighted by molar-refractivity contribution is -0.115. The van der Waals surface area contributed by atoms with Crippen LogP contribution in [0, 0.1) is 13.8 Å². The maximum Gasteiger partial charge on any atom is 0.239 e. The van der Waals surface area contributed by atoms with Gasteiger partial charge in [-0.1, -0.05) is 30.0 Å². The summed E-state index contributed by atoms with van der Waals surface area (Å²) in [5, 5.41) is 12.5. The summed E-state index contributed by atoms with van der Waals surface area (Å²) >= 11 is 2.86. The Morgan fingerprint density at radius 3 is 2.59 bits per heavy atom. The summed E-state index contributed by atoms with van der Waals surface area (Å²) in [7, 11) is 0. The van der Waals surface area contributed by atoms with Gasteiger partial charge in [-0.3, -0.25) is 4.79 Å². The lowest BCUT2D eigenvalue weighted by Crippen LogP contribution is -2.23. The van der Waals surface area contributed by atoms with E-state index in [1.165, 1.54) is 23.1 Å². The van der Waals surface area contributed by atoms with E-state index in [1.807, 2.05) is 69.5 Å². The van der Waals surface area contributed by atoms with Gasteiger partial charge in [-0.15, -0.1) is 21.5 Å². The fourth-order valence-corrected chi connectivity index (χ4v) is 4.42. The topological polar surface area (TPSA) is 81.9 Å². The molecule has 0 saturated heterocycles. The molecule has 0 unspecified atom stereocenters. The highest BCUT2D eigenvalue weighted by Crippen LogP contribution is 2.28. The molecule has 7 nitrogen and oxygen atoms in total. The van der Waals surface area contributed by atoms with Crippen LogP contribution in [-0.2, 0) is 11.3 Å². The highest BCUT2D eigenvalue weighted by molar-refractivity contribution is 8.00. The van der Waals surface area contributed by atoms with Crippen LogP contribution < -0.4 is 10.1 Å². The maximum absolute atomic E-state index is 12.6. The maximum atomic E-state index is 12.6. The fraction of sp³-hybridized carbons (Fsp3) is 0.400. The van der Waals surface area contributed by atoms with Crippen molar-refractivity contribution in [2.75, 3.05) is 5.32 Å². The molecule has 0 aliphatic heterocycles. The molecule has 2 aromatic heterocycles. The van der Waals surface area contributed by atoms with Crippen LogP contribution >= 0.6 is 23.1 Å². The van der Waals surface area contributed by atoms with Crippen molar-refractivity contribution in [3.8, 4) is 5.75 Å². The van der Waals surface area contributed by atoms with E-state index in [0.29, 0.717) is 16.8 Å². The monoisotopic (exact) mass is 431 g/mol. The van der Waals surface area contributed by atoms with Crippen molar-refractivity contribution < 1.29 is 9.53 Å². The van der Waals surface area contributed by atoms with Gasteiger partial charge in [-0.25, -0.2) is 4.98 Å². The molecule has 1 aromatic carbocycles. The molecule has 2 atom stereocenters. The van der Waals surface area contributed by atoms with Crippen LogP contribution in [0.4, 0.5) is 5.13 Å². The zero-order valence-corrected chi connectivity index (χ0v) is 18.8. The molecule has 0 aliphatic carbocycles. The van der Waals surface area contributed by atoms with Crippen molar-refractivity contribution in [3.63, 3.8) is 0 Å². The van der Waals surface area contributed by atoms with Crippen LogP contribution in [0.15, 0.2) is 35.5 Å². The van der Waals surface area contributed by atoms with E-state index in [1.54, 1.807) is 0 Å². The molecular weight excluding hydrogens is 406 g/mol. The highest BCUT2D eigenvalue weighted by atomic mass is 32.2. The van der Waals surface area contributed by atoms with Crippen LogP contribution in [0.2, 0.25) is 0 Å². The van der Waals surface area contributed by atoms with Crippen molar-refractivity contribution in [1.82, 2.24) is 19.7 Å². The van der Waals surface area contributed by atoms with E-state index < -0.39 is 0 Å². The summed E-state index contributed by atoms with van der Waals surface area (Å²) < 4.78 is 7.97. The van der Waals surface area contributed by atoms with Gasteiger partial charge in [0.05, 0.1) is 10.9 Å². The third-order valence-corrected chi connectivity index (χ3v) is 6.46. The molecule has 3 rings (SSSR count). The Balaban J connectivity index is 1.68. The number of anilines is 1. The lowest BCUT2D eigenvalue weighted by atomic mass is 10.3. The standard InChI is InChI=1S/C20H25N5O2S2/c1-6-25-17(13(3)27-16-10-8-7-9-11-16)23-24-20(25)29-15(5)18(26)22-19-21-12(2)14(4)28-19/h7-11,13,15H,6H2,1-5H3,(H,21,22,26)/t13-,15-/m0/s1. The van der Waals surface area contributed by atoms with Gasteiger partial charge in [-0.05, 0) is 46.8 Å². The summed E-state index contributed by atoms with van der Waals surface area (Å²) in [5.41, 5.74) is 0.938. The van der Waals surface area contributed by atoms with Crippen LogP contribution in [0.25, 0.3) is 0 Å². The molecule has 3 aromatic rings. The van der Waals surface area contributed by atoms with E-state index in [0.717, 1.165) is 22.1 Å². The van der Waals surface area contributed by atoms with Crippen molar-refractivity contribution >= 4 is 34.1 Å². The average molecular weight is 432 g/mol. The summed E-state index contributed by atoms with van der Waals surface area (Å²) in [5.74, 6) is 1.41. The Morgan fingerprint density at radius 1 is 1.24 bits per heavy atom. The molecule has 2 heterocycles. The number of benzene rings is 1. The zero-order valence-electron chi connectivity index (χ0n) is 17.2. The summed E-state index contributed by atoms with van der Waals surface area (Å²) in [4.78, 5) is 18.0. The number of aromatic nitrogens is 4. The molecule has 0 bridgehead atoms. The number of rotatable bonds is 8. The first-order valence-electron chi connectivity index (χ1n) is 9.45. The number of amides is 1. The van der Waals surface area contributed by atoms with E-state index in [4.69, 9.17) is 4.74 Å². The normalized spacial score (nSPS) is 13.1. The predicted molar refractivity (Wildman–Crippen MR) is 117 cm³/mol. The first-order chi connectivity index (χ1) is 13.9. The molecule has 29 heavy (non-hydrogen) atoms. The molecule has 0 spiro atoms. The zero-order chi connectivity index (χ0) is 21.0. The third-order valence-electron chi connectivity index (χ3n) is 4.39. The summed E-state index contributed by atoms with van der Waals surface area (Å²) in [6, 6.07) is 9.63. The van der Waals surface area contributed by atoms with Gasteiger partial charge in [0.2, 0.25) is 5.91 Å². The number of para-hydroxylation sites is 1. The molecule has 154 valence electrons. The van der Waals surface area contributed by atoms with E-state index >= 15 is 0 Å². The minimum Gasteiger partial charge on any atom is -0.483 e. The Hall–Kier alpha value is -2.39. The number of carbonyl (C=O) groups excluding carboxylic acids is 1. The first-order valence-corrected chi connectivity index (χ1v) is 11.1. The highest BCUT2D eigenvalue weighted by Gasteiger charge is 2.23. The number of hydrogen-bond acceptors (Lipinski definition) is 7. The number of aryl methyl sites for hydroxylation is 2. The molecule has 9 heteroatoms. The third kappa shape index (κ3) is 5.16. The van der Waals surface area contributed by atoms with Crippen molar-refractivity contribution in [2.24, 2.45) is 0 Å². The second-order valence-electron chi connectivity index (χ2n) is 6.57. The molecule has 0 saturated carbocycles. The van der Waals surface area contributed by atoms with Crippen LogP contribution in [0.5, 0.6) is 5.75 Å². The Bertz CT molecular complexity index is 951. The minimum absolute atomic E-state index is 0.107. The predicted octanol–water partition coefficient (Wildman–Crippen LogP) is 4.63. The molecule has 1 N–H and O–H groups in total. The fourth-order valence-electron chi connectivity index (χ4n) is 2.69. The van der Waals surface area contributed by atoms with E-state index in [9.17, 15) is 4.79 Å². The van der Waals surface area contributed by atoms with Crippen molar-refractivity contribution in [3.05, 3.63) is 46.7 Å². The van der Waals surface area contributed by atoms with Gasteiger partial charge in [0.15, 0.2) is 22.2 Å². The minimum atomic E-state index is -0.341. The van der Waals surface area contributed by atoms with Gasteiger partial charge in [-0.2, -0.15) is 0 Å². The van der Waals surface area contributed by atoms with E-state index in [2.05, 4.69) is 20.5 Å². The molecule has 0 radical (unpaired) electrons. The molecule has 0 aliphatic rings. The number of thioether (sulfide) groups is 1. The smallest absolute Gasteiger partial charge is 0.239 e. The first kappa shape index (κ1) is 21.3. The molecule has 0 fully saturated rings. The summed E-state index contributed by atoms with van der Waals surface area (Å²) in [6.45, 7) is 10.4. The quantitative estimate of drug-likeness (QED) is 0.524. The second-order valence-corrected chi connectivity index (χ2v) is 9.08. The van der Waals surface area contributed by atoms with Crippen molar-refractivity contribution in [2.45, 2.75) is 57.7 Å². The number of carbonyl (C=O) groups is 1. The van der Waals surface area contributed by atoms with Crippen LogP contribution in [0.1, 0.15) is 43.3 Å². The number of hydrogen-bond donors (Lipinski definition) is 1. The Labute approximate surface area is 178 Å². The SMILES string of the molecule is CCn1c(S[C@@H](C)C(=O)Nc2nc(C)c(C)s2)nnc1[C@H](C)Oc1ccccc1. The van der Waals surface area contributed by atoms with Gasteiger partial charge >= 0.3 is 0 Å². The van der Waals surface area contributed by atoms with Gasteiger partial charge in [0.25, 0.3) is 0 Å². The molecular formula is C20H25N5O2S2. The van der Waals surface area contributed by atoms with Crippen LogP contribution in [0.3, 0.4) is 0 Å². The van der Waals surface area contributed by atoms with Crippen LogP contribution in [-0.4, -0.2) is 30.9 Å². The molecule has 1 amide bonds. The lowest BCUT2D eigenvalue weighted by Gasteiger charge is -2.16. The van der Waals surface area contributed by atoms with E-state index in [-0.39, 0.29) is 17.3 Å². The Morgan fingerprint density at radius 2 is 1.97 bits per heavy atom. The Kier molecular flexibility index (Phi) is 6.92. The van der Waals surface area contributed by atoms with Crippen molar-refractivity contribution in [1.29, 1.82) is 0 Å². The van der Waals surface area contributed by atoms with Gasteiger partial charge < -0.3 is 14.6 Å².